The van der Waals surface area contributed by atoms with Crippen LogP contribution in [0.5, 0.6) is 0 Å². The van der Waals surface area contributed by atoms with Crippen molar-refractivity contribution in [2.24, 2.45) is 5.92 Å². The molecule has 2 fully saturated rings. The van der Waals surface area contributed by atoms with Crippen LogP contribution >= 0.6 is 0 Å². The average Bonchev–Trinajstić information content (AvgIpc) is 2.70. The van der Waals surface area contributed by atoms with E-state index in [1.54, 1.807) is 0 Å². The molecule has 0 bridgehead atoms. The van der Waals surface area contributed by atoms with Gasteiger partial charge in [-0.15, -0.1) is 0 Å². The van der Waals surface area contributed by atoms with Gasteiger partial charge in [0.2, 0.25) is 15.9 Å². The molecule has 3 aliphatic rings. The molecule has 1 atom stereocenters. The first kappa shape index (κ1) is 20.7. The summed E-state index contributed by atoms with van der Waals surface area (Å²) < 4.78 is 25.6. The molecule has 1 aliphatic carbocycles. The summed E-state index contributed by atoms with van der Waals surface area (Å²) in [7, 11) is -3.22. The minimum Gasteiger partial charge on any atom is -0.296 e. The zero-order valence-electron chi connectivity index (χ0n) is 17.6. The van der Waals surface area contributed by atoms with Gasteiger partial charge in [-0.2, -0.15) is 0 Å². The Bertz CT molecular complexity index is 880. The molecule has 1 aromatic heterocycles. The molecule has 160 valence electrons. The number of hydrogen-bond acceptors (Lipinski definition) is 5. The Kier molecular flexibility index (Phi) is 5.93. The number of nitrogens with zero attached hydrogens (tertiary/aromatic N) is 4. The van der Waals surface area contributed by atoms with E-state index in [-0.39, 0.29) is 11.8 Å². The van der Waals surface area contributed by atoms with E-state index >= 15 is 0 Å². The molecule has 29 heavy (non-hydrogen) atoms. The number of fused-ring (bicyclic) bond motifs is 1. The molecule has 1 saturated heterocycles. The number of carbonyl (C=O) groups excluding carboxylic acids is 1. The van der Waals surface area contributed by atoms with Gasteiger partial charge >= 0.3 is 0 Å². The van der Waals surface area contributed by atoms with Crippen LogP contribution in [0.2, 0.25) is 0 Å². The fraction of sp³-hybridized carbons (Fsp3) is 0.762. The van der Waals surface area contributed by atoms with Crippen molar-refractivity contribution in [3.05, 3.63) is 17.1 Å². The number of aryl methyl sites for hydroxylation is 1. The molecule has 1 saturated carbocycles. The molecule has 8 heteroatoms. The second kappa shape index (κ2) is 8.30. The van der Waals surface area contributed by atoms with E-state index in [4.69, 9.17) is 9.97 Å². The average molecular weight is 421 g/mol. The molecule has 1 aromatic rings. The maximum Gasteiger partial charge on any atom is 0.228 e. The van der Waals surface area contributed by atoms with Gasteiger partial charge in [-0.1, -0.05) is 19.3 Å². The third kappa shape index (κ3) is 4.48. The summed E-state index contributed by atoms with van der Waals surface area (Å²) in [6.07, 6.45) is 10.3. The first-order chi connectivity index (χ1) is 13.8. The first-order valence-electron chi connectivity index (χ1n) is 11.0. The molecule has 0 spiro atoms. The summed E-state index contributed by atoms with van der Waals surface area (Å²) in [6.45, 7) is 3.73. The molecule has 0 aromatic carbocycles. The van der Waals surface area contributed by atoms with Crippen molar-refractivity contribution < 1.29 is 13.2 Å². The lowest BCUT2D eigenvalue weighted by Gasteiger charge is -2.35. The van der Waals surface area contributed by atoms with Crippen LogP contribution in [0.15, 0.2) is 0 Å². The Hall–Kier alpha value is -1.54. The van der Waals surface area contributed by atoms with Gasteiger partial charge in [0.15, 0.2) is 0 Å². The van der Waals surface area contributed by atoms with Crippen molar-refractivity contribution in [3.63, 3.8) is 0 Å². The second-order valence-corrected chi connectivity index (χ2v) is 10.9. The summed E-state index contributed by atoms with van der Waals surface area (Å²) in [6, 6.07) is 0. The minimum atomic E-state index is -3.22. The number of hydrogen-bond donors (Lipinski definition) is 0. The molecule has 3 heterocycles. The predicted octanol–water partition coefficient (Wildman–Crippen LogP) is 2.78. The largest absolute Gasteiger partial charge is 0.296 e. The third-order valence-electron chi connectivity index (χ3n) is 6.74. The van der Waals surface area contributed by atoms with Gasteiger partial charge in [-0.05, 0) is 44.9 Å². The predicted molar refractivity (Wildman–Crippen MR) is 112 cm³/mol. The highest BCUT2D eigenvalue weighted by Gasteiger charge is 2.33. The lowest BCUT2D eigenvalue weighted by molar-refractivity contribution is -0.119. The van der Waals surface area contributed by atoms with Crippen molar-refractivity contribution in [2.75, 3.05) is 30.8 Å². The maximum atomic E-state index is 12.8. The van der Waals surface area contributed by atoms with Gasteiger partial charge in [0.1, 0.15) is 11.6 Å². The molecule has 2 aliphatic heterocycles. The van der Waals surface area contributed by atoms with Crippen molar-refractivity contribution in [1.82, 2.24) is 14.3 Å². The minimum absolute atomic E-state index is 0.0176. The molecular formula is C21H32N4O3S. The molecule has 0 unspecified atom stereocenters. The van der Waals surface area contributed by atoms with Gasteiger partial charge in [-0.25, -0.2) is 22.7 Å². The Morgan fingerprint density at radius 2 is 1.79 bits per heavy atom. The summed E-state index contributed by atoms with van der Waals surface area (Å²) in [5.41, 5.74) is 2.02. The highest BCUT2D eigenvalue weighted by atomic mass is 32.2. The number of aromatic nitrogens is 2. The topological polar surface area (TPSA) is 83.5 Å². The highest BCUT2D eigenvalue weighted by Crippen LogP contribution is 2.34. The van der Waals surface area contributed by atoms with Crippen molar-refractivity contribution >= 4 is 21.7 Å². The fourth-order valence-electron chi connectivity index (χ4n) is 5.06. The van der Waals surface area contributed by atoms with Gasteiger partial charge in [0.05, 0.1) is 6.26 Å². The number of carbonyl (C=O) groups is 1. The molecule has 7 nitrogen and oxygen atoms in total. The molecule has 0 radical (unpaired) electrons. The summed E-state index contributed by atoms with van der Waals surface area (Å²) in [4.78, 5) is 24.3. The Morgan fingerprint density at radius 3 is 2.52 bits per heavy atom. The number of amides is 1. The summed E-state index contributed by atoms with van der Waals surface area (Å²) in [5, 5.41) is 0. The zero-order chi connectivity index (χ0) is 20.6. The lowest BCUT2D eigenvalue weighted by atomic mass is 9.88. The number of anilines is 1. The van der Waals surface area contributed by atoms with E-state index in [0.717, 1.165) is 36.5 Å². The quantitative estimate of drug-likeness (QED) is 0.748. The number of sulfonamides is 1. The maximum absolute atomic E-state index is 12.8. The Morgan fingerprint density at radius 1 is 1.03 bits per heavy atom. The Balaban J connectivity index is 1.63. The van der Waals surface area contributed by atoms with E-state index < -0.39 is 10.0 Å². The SMILES string of the molecule is Cc1nc([C@@H]2CCCN(S(C)(=O)=O)C2)nc2c1CCC(=O)N2CC1CCCCC1. The molecule has 1 amide bonds. The van der Waals surface area contributed by atoms with Crippen LogP contribution in [0.4, 0.5) is 5.82 Å². The van der Waals surface area contributed by atoms with Crippen LogP contribution in [-0.4, -0.2) is 54.5 Å². The zero-order valence-corrected chi connectivity index (χ0v) is 18.4. The monoisotopic (exact) mass is 420 g/mol. The van der Waals surface area contributed by atoms with Gasteiger partial charge in [0.25, 0.3) is 0 Å². The van der Waals surface area contributed by atoms with Gasteiger partial charge in [-0.3, -0.25) is 9.69 Å². The third-order valence-corrected chi connectivity index (χ3v) is 8.01. The van der Waals surface area contributed by atoms with Gasteiger partial charge in [0, 0.05) is 43.2 Å². The smallest absolute Gasteiger partial charge is 0.228 e. The summed E-state index contributed by atoms with van der Waals surface area (Å²) in [5.74, 6) is 2.17. The molecule has 4 rings (SSSR count). The Labute approximate surface area is 173 Å². The van der Waals surface area contributed by atoms with Gasteiger partial charge < -0.3 is 0 Å². The highest BCUT2D eigenvalue weighted by molar-refractivity contribution is 7.88. The van der Waals surface area contributed by atoms with Crippen LogP contribution < -0.4 is 4.90 Å². The van der Waals surface area contributed by atoms with E-state index in [1.165, 1.54) is 42.7 Å². The van der Waals surface area contributed by atoms with E-state index in [0.29, 0.717) is 37.7 Å². The van der Waals surface area contributed by atoms with E-state index in [2.05, 4.69) is 0 Å². The lowest BCUT2D eigenvalue weighted by Crippen LogP contribution is -2.41. The summed E-state index contributed by atoms with van der Waals surface area (Å²) >= 11 is 0. The standard InChI is InChI=1S/C21H32N4O3S/c1-15-18-10-11-19(26)25(13-16-7-4-3-5-8-16)21(18)23-20(22-15)17-9-6-12-24(14-17)29(2,27)28/h16-17H,3-14H2,1-2H3/t17-/m1/s1. The van der Waals surface area contributed by atoms with Crippen LogP contribution in [0.25, 0.3) is 0 Å². The normalized spacial score (nSPS) is 24.6. The number of rotatable bonds is 4. The van der Waals surface area contributed by atoms with Crippen molar-refractivity contribution in [2.45, 2.75) is 70.6 Å². The van der Waals surface area contributed by atoms with Crippen LogP contribution in [0.1, 0.15) is 74.4 Å². The van der Waals surface area contributed by atoms with Crippen molar-refractivity contribution in [3.8, 4) is 0 Å². The number of piperidine rings is 1. The fourth-order valence-corrected chi connectivity index (χ4v) is 5.97. The van der Waals surface area contributed by atoms with Crippen LogP contribution in [-0.2, 0) is 21.2 Å². The van der Waals surface area contributed by atoms with Crippen LogP contribution in [0, 0.1) is 12.8 Å². The molecular weight excluding hydrogens is 388 g/mol. The van der Waals surface area contributed by atoms with E-state index in [9.17, 15) is 13.2 Å². The van der Waals surface area contributed by atoms with E-state index in [1.807, 2.05) is 11.8 Å². The molecule has 0 N–H and O–H groups in total. The van der Waals surface area contributed by atoms with Crippen LogP contribution in [0.3, 0.4) is 0 Å². The second-order valence-electron chi connectivity index (χ2n) is 8.94. The van der Waals surface area contributed by atoms with Crippen molar-refractivity contribution in [1.29, 1.82) is 0 Å². The first-order valence-corrected chi connectivity index (χ1v) is 12.8.